The van der Waals surface area contributed by atoms with E-state index in [1.807, 2.05) is 0 Å². The van der Waals surface area contributed by atoms with Gasteiger partial charge in [0, 0.05) is 0 Å². The van der Waals surface area contributed by atoms with E-state index in [0.717, 1.165) is 12.1 Å². The first-order chi connectivity index (χ1) is 8.41. The third kappa shape index (κ3) is 1.79. The molecule has 18 heavy (non-hydrogen) atoms. The standard InChI is InChI=1S/C11H8F2N2O3/c1-5-4-6(12)2-3-7(5)15-10(17)8(13)9(16)14-11(15)18/h2-4,17H,1H3,(H,14,16,18). The van der Waals surface area contributed by atoms with E-state index in [1.54, 1.807) is 4.98 Å². The van der Waals surface area contributed by atoms with Crippen LogP contribution in [0.3, 0.4) is 0 Å². The molecule has 0 aliphatic rings. The fraction of sp³-hybridized carbons (Fsp3) is 0.0909. The summed E-state index contributed by atoms with van der Waals surface area (Å²) in [6, 6.07) is 3.37. The van der Waals surface area contributed by atoms with E-state index in [4.69, 9.17) is 0 Å². The van der Waals surface area contributed by atoms with Gasteiger partial charge in [-0.3, -0.25) is 9.78 Å². The Balaban J connectivity index is 2.84. The van der Waals surface area contributed by atoms with Crippen molar-refractivity contribution in [2.24, 2.45) is 0 Å². The van der Waals surface area contributed by atoms with E-state index in [9.17, 15) is 23.5 Å². The molecule has 2 rings (SSSR count). The minimum atomic E-state index is -1.47. The molecule has 0 fully saturated rings. The van der Waals surface area contributed by atoms with Gasteiger partial charge in [0.15, 0.2) is 0 Å². The van der Waals surface area contributed by atoms with Crippen molar-refractivity contribution < 1.29 is 13.9 Å². The first-order valence-corrected chi connectivity index (χ1v) is 4.92. The van der Waals surface area contributed by atoms with Gasteiger partial charge in [-0.1, -0.05) is 0 Å². The molecule has 0 bridgehead atoms. The Morgan fingerprint density at radius 1 is 1.28 bits per heavy atom. The summed E-state index contributed by atoms with van der Waals surface area (Å²) >= 11 is 0. The molecule has 0 saturated heterocycles. The molecule has 0 amide bonds. The van der Waals surface area contributed by atoms with E-state index in [1.165, 1.54) is 13.0 Å². The van der Waals surface area contributed by atoms with Gasteiger partial charge >= 0.3 is 5.69 Å². The highest BCUT2D eigenvalue weighted by molar-refractivity contribution is 5.42. The van der Waals surface area contributed by atoms with Gasteiger partial charge in [-0.25, -0.2) is 13.8 Å². The third-order valence-electron chi connectivity index (χ3n) is 2.43. The van der Waals surface area contributed by atoms with Crippen LogP contribution in [-0.2, 0) is 0 Å². The van der Waals surface area contributed by atoms with Crippen LogP contribution in [0, 0.1) is 18.6 Å². The highest BCUT2D eigenvalue weighted by Gasteiger charge is 2.16. The van der Waals surface area contributed by atoms with Crippen LogP contribution in [0.15, 0.2) is 27.8 Å². The lowest BCUT2D eigenvalue weighted by molar-refractivity contribution is 0.385. The summed E-state index contributed by atoms with van der Waals surface area (Å²) < 4.78 is 26.7. The van der Waals surface area contributed by atoms with Crippen molar-refractivity contribution in [1.82, 2.24) is 9.55 Å². The Morgan fingerprint density at radius 2 is 1.94 bits per heavy atom. The topological polar surface area (TPSA) is 75.1 Å². The number of H-pyrrole nitrogens is 1. The Bertz CT molecular complexity index is 734. The minimum Gasteiger partial charge on any atom is -0.492 e. The van der Waals surface area contributed by atoms with Crippen LogP contribution < -0.4 is 11.2 Å². The molecule has 5 nitrogen and oxygen atoms in total. The Hall–Kier alpha value is -2.44. The molecule has 1 aromatic carbocycles. The molecule has 0 saturated carbocycles. The van der Waals surface area contributed by atoms with Crippen molar-refractivity contribution in [3.05, 3.63) is 56.2 Å². The Kier molecular flexibility index (Phi) is 2.74. The number of halogens is 2. The van der Waals surface area contributed by atoms with Crippen molar-refractivity contribution in [3.63, 3.8) is 0 Å². The Labute approximate surface area is 99.0 Å². The number of aromatic hydroxyl groups is 1. The lowest BCUT2D eigenvalue weighted by atomic mass is 10.2. The van der Waals surface area contributed by atoms with E-state index < -0.39 is 28.8 Å². The second-order valence-corrected chi connectivity index (χ2v) is 3.66. The smallest absolute Gasteiger partial charge is 0.335 e. The molecule has 0 atom stereocenters. The number of nitrogens with one attached hydrogen (secondary N) is 1. The predicted octanol–water partition coefficient (Wildman–Crippen LogP) is 0.818. The average Bonchev–Trinajstić information content (AvgIpc) is 2.29. The highest BCUT2D eigenvalue weighted by Crippen LogP contribution is 2.19. The van der Waals surface area contributed by atoms with E-state index >= 15 is 0 Å². The summed E-state index contributed by atoms with van der Waals surface area (Å²) in [5.41, 5.74) is -1.94. The maximum Gasteiger partial charge on any atom is 0.335 e. The van der Waals surface area contributed by atoms with Crippen LogP contribution in [0.1, 0.15) is 5.56 Å². The maximum atomic E-state index is 13.2. The molecule has 1 heterocycles. The maximum absolute atomic E-state index is 13.2. The molecule has 0 aliphatic carbocycles. The van der Waals surface area contributed by atoms with Crippen LogP contribution >= 0.6 is 0 Å². The number of aryl methyl sites for hydroxylation is 1. The number of aromatic nitrogens is 2. The van der Waals surface area contributed by atoms with Gasteiger partial charge in [-0.05, 0) is 30.7 Å². The highest BCUT2D eigenvalue weighted by atomic mass is 19.1. The van der Waals surface area contributed by atoms with Crippen LogP contribution in [0.2, 0.25) is 0 Å². The van der Waals surface area contributed by atoms with Crippen molar-refractivity contribution in [3.8, 4) is 11.6 Å². The number of hydrogen-bond donors (Lipinski definition) is 2. The molecule has 1 aromatic heterocycles. The van der Waals surface area contributed by atoms with Gasteiger partial charge in [0.05, 0.1) is 5.69 Å². The number of nitrogens with zero attached hydrogens (tertiary/aromatic N) is 1. The zero-order valence-electron chi connectivity index (χ0n) is 9.20. The summed E-state index contributed by atoms with van der Waals surface area (Å²) in [5.74, 6) is -3.12. The second-order valence-electron chi connectivity index (χ2n) is 3.66. The minimum absolute atomic E-state index is 0.0778. The normalized spacial score (nSPS) is 10.6. The van der Waals surface area contributed by atoms with Gasteiger partial charge in [-0.15, -0.1) is 0 Å². The molecule has 94 valence electrons. The summed E-state index contributed by atoms with van der Waals surface area (Å²) in [4.78, 5) is 24.2. The first-order valence-electron chi connectivity index (χ1n) is 4.92. The van der Waals surface area contributed by atoms with Crippen LogP contribution in [-0.4, -0.2) is 14.7 Å². The molecule has 0 unspecified atom stereocenters. The number of rotatable bonds is 1. The van der Waals surface area contributed by atoms with Gasteiger partial charge in [0.1, 0.15) is 5.82 Å². The Morgan fingerprint density at radius 3 is 2.56 bits per heavy atom. The summed E-state index contributed by atoms with van der Waals surface area (Å²) in [6.45, 7) is 1.48. The molecule has 2 N–H and O–H groups in total. The second kappa shape index (κ2) is 4.10. The fourth-order valence-electron chi connectivity index (χ4n) is 1.60. The zero-order valence-corrected chi connectivity index (χ0v) is 9.20. The van der Waals surface area contributed by atoms with Gasteiger partial charge in [-0.2, -0.15) is 4.39 Å². The van der Waals surface area contributed by atoms with Crippen molar-refractivity contribution in [2.75, 3.05) is 0 Å². The lowest BCUT2D eigenvalue weighted by Crippen LogP contribution is -2.31. The third-order valence-corrected chi connectivity index (χ3v) is 2.43. The molecular weight excluding hydrogens is 246 g/mol. The summed E-state index contributed by atoms with van der Waals surface area (Å²) in [7, 11) is 0. The van der Waals surface area contributed by atoms with Crippen molar-refractivity contribution >= 4 is 0 Å². The average molecular weight is 254 g/mol. The summed E-state index contributed by atoms with van der Waals surface area (Å²) in [6.07, 6.45) is 0. The molecule has 2 aromatic rings. The van der Waals surface area contributed by atoms with Crippen molar-refractivity contribution in [1.29, 1.82) is 0 Å². The number of benzene rings is 1. The SMILES string of the molecule is Cc1cc(F)ccc1-n1c(O)c(F)c(=O)[nH]c1=O. The number of aromatic amines is 1. The number of hydrogen-bond acceptors (Lipinski definition) is 3. The van der Waals surface area contributed by atoms with E-state index in [0.29, 0.717) is 10.1 Å². The zero-order chi connectivity index (χ0) is 13.4. The van der Waals surface area contributed by atoms with Gasteiger partial charge < -0.3 is 5.11 Å². The van der Waals surface area contributed by atoms with E-state index in [2.05, 4.69) is 0 Å². The molecule has 0 spiro atoms. The van der Waals surface area contributed by atoms with Crippen molar-refractivity contribution in [2.45, 2.75) is 6.92 Å². The molecular formula is C11H8F2N2O3. The van der Waals surface area contributed by atoms with Gasteiger partial charge in [0.25, 0.3) is 5.56 Å². The van der Waals surface area contributed by atoms with E-state index in [-0.39, 0.29) is 5.69 Å². The molecule has 0 radical (unpaired) electrons. The van der Waals surface area contributed by atoms with Crippen LogP contribution in [0.4, 0.5) is 8.78 Å². The largest absolute Gasteiger partial charge is 0.492 e. The quantitative estimate of drug-likeness (QED) is 0.791. The fourth-order valence-corrected chi connectivity index (χ4v) is 1.60. The lowest BCUT2D eigenvalue weighted by Gasteiger charge is -2.10. The van der Waals surface area contributed by atoms with Crippen LogP contribution in [0.25, 0.3) is 5.69 Å². The van der Waals surface area contributed by atoms with Crippen LogP contribution in [0.5, 0.6) is 5.88 Å². The summed E-state index contributed by atoms with van der Waals surface area (Å²) in [5, 5.41) is 9.48. The van der Waals surface area contributed by atoms with Gasteiger partial charge in [0.2, 0.25) is 11.7 Å². The predicted molar refractivity (Wildman–Crippen MR) is 59.0 cm³/mol. The molecule has 7 heteroatoms. The monoisotopic (exact) mass is 254 g/mol. The first kappa shape index (κ1) is 12.0. The molecule has 0 aliphatic heterocycles.